The van der Waals surface area contributed by atoms with Crippen LogP contribution in [0.4, 0.5) is 0 Å². The summed E-state index contributed by atoms with van der Waals surface area (Å²) in [5, 5.41) is 8.84. The van der Waals surface area contributed by atoms with Crippen molar-refractivity contribution in [1.29, 1.82) is 0 Å². The Morgan fingerprint density at radius 2 is 2.10 bits per heavy atom. The number of rotatable bonds is 7. The summed E-state index contributed by atoms with van der Waals surface area (Å²) < 4.78 is 16.0. The lowest BCUT2D eigenvalue weighted by Gasteiger charge is -2.13. The molecule has 1 aliphatic heterocycles. The Kier molecular flexibility index (Phi) is 5.38. The van der Waals surface area contributed by atoms with Crippen LogP contribution in [0.2, 0.25) is 0 Å². The first-order valence-electron chi connectivity index (χ1n) is 6.78. The van der Waals surface area contributed by atoms with E-state index in [4.69, 9.17) is 19.3 Å². The van der Waals surface area contributed by atoms with E-state index in [0.717, 1.165) is 18.6 Å². The SMILES string of the molecule is COCCc1ccc(OCC2CCC(C(=O)O)O2)cc1. The molecular formula is C15H20O5. The van der Waals surface area contributed by atoms with Gasteiger partial charge in [0.25, 0.3) is 0 Å². The molecule has 2 rings (SSSR count). The number of ether oxygens (including phenoxy) is 3. The minimum Gasteiger partial charge on any atom is -0.491 e. The van der Waals surface area contributed by atoms with Crippen LogP contribution in [-0.4, -0.2) is 43.6 Å². The molecule has 5 heteroatoms. The summed E-state index contributed by atoms with van der Waals surface area (Å²) in [6, 6.07) is 7.83. The molecule has 1 heterocycles. The van der Waals surface area contributed by atoms with Crippen molar-refractivity contribution in [3.8, 4) is 5.75 Å². The Morgan fingerprint density at radius 3 is 2.70 bits per heavy atom. The maximum absolute atomic E-state index is 10.8. The number of hydrogen-bond acceptors (Lipinski definition) is 4. The van der Waals surface area contributed by atoms with Crippen molar-refractivity contribution in [3.05, 3.63) is 29.8 Å². The second-order valence-corrected chi connectivity index (χ2v) is 4.86. The van der Waals surface area contributed by atoms with E-state index in [-0.39, 0.29) is 6.10 Å². The van der Waals surface area contributed by atoms with Crippen LogP contribution in [0.5, 0.6) is 5.75 Å². The molecule has 0 bridgehead atoms. The van der Waals surface area contributed by atoms with Gasteiger partial charge < -0.3 is 19.3 Å². The van der Waals surface area contributed by atoms with Crippen molar-refractivity contribution >= 4 is 5.97 Å². The van der Waals surface area contributed by atoms with Crippen molar-refractivity contribution in [1.82, 2.24) is 0 Å². The first-order chi connectivity index (χ1) is 9.69. The second-order valence-electron chi connectivity index (χ2n) is 4.86. The molecule has 2 atom stereocenters. The molecule has 0 aromatic heterocycles. The highest BCUT2D eigenvalue weighted by atomic mass is 16.6. The monoisotopic (exact) mass is 280 g/mol. The topological polar surface area (TPSA) is 65.0 Å². The Hall–Kier alpha value is -1.59. The zero-order valence-electron chi connectivity index (χ0n) is 11.6. The lowest BCUT2D eigenvalue weighted by molar-refractivity contribution is -0.149. The number of carbonyl (C=O) groups is 1. The molecule has 0 saturated carbocycles. The van der Waals surface area contributed by atoms with E-state index in [1.165, 1.54) is 5.56 Å². The predicted molar refractivity (Wildman–Crippen MR) is 73.0 cm³/mol. The lowest BCUT2D eigenvalue weighted by Crippen LogP contribution is -2.23. The van der Waals surface area contributed by atoms with Crippen LogP contribution in [0.3, 0.4) is 0 Å². The van der Waals surface area contributed by atoms with Gasteiger partial charge in [0, 0.05) is 7.11 Å². The zero-order valence-corrected chi connectivity index (χ0v) is 11.6. The van der Waals surface area contributed by atoms with Gasteiger partial charge in [-0.15, -0.1) is 0 Å². The van der Waals surface area contributed by atoms with Crippen molar-refractivity contribution in [3.63, 3.8) is 0 Å². The lowest BCUT2D eigenvalue weighted by atomic mass is 10.1. The largest absolute Gasteiger partial charge is 0.491 e. The fraction of sp³-hybridized carbons (Fsp3) is 0.533. The van der Waals surface area contributed by atoms with Gasteiger partial charge in [0.2, 0.25) is 0 Å². The third kappa shape index (κ3) is 4.21. The van der Waals surface area contributed by atoms with Gasteiger partial charge in [-0.25, -0.2) is 4.79 Å². The summed E-state index contributed by atoms with van der Waals surface area (Å²) in [7, 11) is 1.68. The number of methoxy groups -OCH3 is 1. The van der Waals surface area contributed by atoms with Gasteiger partial charge in [-0.05, 0) is 37.0 Å². The van der Waals surface area contributed by atoms with Gasteiger partial charge in [-0.3, -0.25) is 0 Å². The van der Waals surface area contributed by atoms with Gasteiger partial charge in [0.15, 0.2) is 6.10 Å². The van der Waals surface area contributed by atoms with E-state index < -0.39 is 12.1 Å². The fourth-order valence-corrected chi connectivity index (χ4v) is 2.17. The molecule has 0 amide bonds. The number of hydrogen-bond donors (Lipinski definition) is 1. The van der Waals surface area contributed by atoms with E-state index in [2.05, 4.69) is 0 Å². The maximum Gasteiger partial charge on any atom is 0.332 e. The van der Waals surface area contributed by atoms with Crippen LogP contribution < -0.4 is 4.74 Å². The van der Waals surface area contributed by atoms with Crippen molar-refractivity contribution in [2.45, 2.75) is 31.5 Å². The molecule has 5 nitrogen and oxygen atoms in total. The quantitative estimate of drug-likeness (QED) is 0.826. The minimum absolute atomic E-state index is 0.135. The van der Waals surface area contributed by atoms with Crippen LogP contribution >= 0.6 is 0 Å². The Balaban J connectivity index is 1.75. The average Bonchev–Trinajstić information content (AvgIpc) is 2.93. The van der Waals surface area contributed by atoms with Crippen molar-refractivity contribution in [2.24, 2.45) is 0 Å². The van der Waals surface area contributed by atoms with Gasteiger partial charge in [0.1, 0.15) is 12.4 Å². The summed E-state index contributed by atoms with van der Waals surface area (Å²) >= 11 is 0. The molecule has 0 spiro atoms. The third-order valence-corrected chi connectivity index (χ3v) is 3.34. The molecule has 2 unspecified atom stereocenters. The normalized spacial score (nSPS) is 21.9. The fourth-order valence-electron chi connectivity index (χ4n) is 2.17. The Morgan fingerprint density at radius 1 is 1.35 bits per heavy atom. The van der Waals surface area contributed by atoms with Crippen LogP contribution in [0.1, 0.15) is 18.4 Å². The van der Waals surface area contributed by atoms with Gasteiger partial charge in [-0.1, -0.05) is 12.1 Å². The molecule has 110 valence electrons. The smallest absolute Gasteiger partial charge is 0.332 e. The molecular weight excluding hydrogens is 260 g/mol. The molecule has 1 aromatic carbocycles. The highest BCUT2D eigenvalue weighted by molar-refractivity contribution is 5.72. The van der Waals surface area contributed by atoms with Gasteiger partial charge in [-0.2, -0.15) is 0 Å². The van der Waals surface area contributed by atoms with Gasteiger partial charge >= 0.3 is 5.97 Å². The zero-order chi connectivity index (χ0) is 14.4. The number of carboxylic acid groups (broad SMARTS) is 1. The molecule has 1 N–H and O–H groups in total. The maximum atomic E-state index is 10.8. The molecule has 1 aromatic rings. The van der Waals surface area contributed by atoms with E-state index >= 15 is 0 Å². The van der Waals surface area contributed by atoms with E-state index in [9.17, 15) is 4.79 Å². The molecule has 1 saturated heterocycles. The molecule has 1 aliphatic rings. The number of aliphatic carboxylic acids is 1. The Labute approximate surface area is 118 Å². The molecule has 0 radical (unpaired) electrons. The summed E-state index contributed by atoms with van der Waals surface area (Å²) in [4.78, 5) is 10.8. The summed E-state index contributed by atoms with van der Waals surface area (Å²) in [6.07, 6.45) is 1.34. The van der Waals surface area contributed by atoms with Crippen LogP contribution in [-0.2, 0) is 20.7 Å². The molecule has 1 fully saturated rings. The van der Waals surface area contributed by atoms with Crippen molar-refractivity contribution < 1.29 is 24.1 Å². The third-order valence-electron chi connectivity index (χ3n) is 3.34. The standard InChI is InChI=1S/C15H20O5/c1-18-9-8-11-2-4-12(5-3-11)19-10-13-6-7-14(20-13)15(16)17/h2-5,13-14H,6-10H2,1H3,(H,16,17). The average molecular weight is 280 g/mol. The summed E-state index contributed by atoms with van der Waals surface area (Å²) in [6.45, 7) is 1.09. The molecule has 20 heavy (non-hydrogen) atoms. The number of carboxylic acids is 1. The Bertz CT molecular complexity index is 428. The van der Waals surface area contributed by atoms with E-state index in [1.807, 2.05) is 24.3 Å². The first kappa shape index (κ1) is 14.8. The summed E-state index contributed by atoms with van der Waals surface area (Å²) in [5.74, 6) is -0.122. The predicted octanol–water partition coefficient (Wildman–Crippen LogP) is 1.89. The minimum atomic E-state index is -0.894. The van der Waals surface area contributed by atoms with Crippen LogP contribution in [0.25, 0.3) is 0 Å². The molecule has 0 aliphatic carbocycles. The highest BCUT2D eigenvalue weighted by Crippen LogP contribution is 2.21. The van der Waals surface area contributed by atoms with Gasteiger partial charge in [0.05, 0.1) is 12.7 Å². The van der Waals surface area contributed by atoms with E-state index in [1.54, 1.807) is 7.11 Å². The number of benzene rings is 1. The van der Waals surface area contributed by atoms with Crippen LogP contribution in [0, 0.1) is 0 Å². The first-order valence-corrected chi connectivity index (χ1v) is 6.78. The summed E-state index contributed by atoms with van der Waals surface area (Å²) in [5.41, 5.74) is 1.20. The van der Waals surface area contributed by atoms with Crippen molar-refractivity contribution in [2.75, 3.05) is 20.3 Å². The van der Waals surface area contributed by atoms with E-state index in [0.29, 0.717) is 19.6 Å². The second kappa shape index (κ2) is 7.26. The highest BCUT2D eigenvalue weighted by Gasteiger charge is 2.30. The van der Waals surface area contributed by atoms with Crippen LogP contribution in [0.15, 0.2) is 24.3 Å².